The number of halogens is 10. The smallest absolute Gasteiger partial charge is 0.333 e. The summed E-state index contributed by atoms with van der Waals surface area (Å²) >= 11 is 6.52. The van der Waals surface area contributed by atoms with Gasteiger partial charge >= 0.3 is 18.5 Å². The van der Waals surface area contributed by atoms with Crippen LogP contribution in [0.1, 0.15) is 160 Å². The van der Waals surface area contributed by atoms with Crippen LogP contribution in [0, 0.1) is 27.5 Å². The number of nitrogens with two attached hydrogens (primary N) is 2. The first kappa shape index (κ1) is 73.2. The molecule has 8 aromatic rings. The van der Waals surface area contributed by atoms with E-state index < -0.39 is 130 Å². The molecule has 0 bridgehead atoms. The standard InChI is InChI=1S/C36H37F7N8O3.C33H35ClF2N8O4/c1-33(2,3)18-36(23-8-5-20(6-9-23)22-15-46-49(16-22)31(40)41)30(53)50(32(44)48-36)26(17-54-27(52)14-35(11-12-35)34(4,42)43)21-7-10-25(24(37)13-21)51-29(28(38)39)45-19-47-51;1-30(2,3)16-33(22-8-5-20(6-9-22)27-39-19-48-42-27)28(46)44(29(37)41-33)25(15-47-26(45)14-32(11-12-32)31(4,35)36)21-7-10-23(34)24(13-21)43-18-38-17-40-43/h5-10,13,15-16,19,26,28,31H,11-12,14,17-18H2,1-4H3,(H2,44,48);5-10,13,17-19,25H,11-12,14-16H2,1-4H3,(H2,37,41)/t26-,36-;25-,33-/m11/s1. The molecular formula is C69H72ClF9N16O7. The SMILES string of the molecule is CC(C)(C)C[C@]1(c2ccc(-c3cnn(C(F)F)c3)cc2)N=C(N)N([C@H](COC(=O)CC2(C(C)(F)F)CC2)c2ccc(-n3ncnc3C(F)F)c(F)c2)C1=O.CC(C)(C)C[C@]1(c2ccc(-c3ncon3)cc2)N=C(N)N([C@H](COC(=O)CC2(C(C)(F)F)CC2)c2ccc(Cl)c(-n3cncn3)c2)C1=O. The Hall–Kier alpha value is -10.0. The number of carbonyl (C=O) groups is 4. The van der Waals surface area contributed by atoms with Crippen LogP contribution in [0.5, 0.6) is 0 Å². The lowest BCUT2D eigenvalue weighted by atomic mass is 9.75. The lowest BCUT2D eigenvalue weighted by molar-refractivity contribution is -0.153. The van der Waals surface area contributed by atoms with Gasteiger partial charge in [-0.3, -0.25) is 29.0 Å². The number of hydrogen-bond acceptors (Lipinski definition) is 18. The lowest BCUT2D eigenvalue weighted by Gasteiger charge is -2.35. The molecule has 4 aliphatic rings. The van der Waals surface area contributed by atoms with Crippen LogP contribution >= 0.6 is 11.6 Å². The summed E-state index contributed by atoms with van der Waals surface area (Å²) in [4.78, 5) is 79.2. The second-order valence-corrected chi connectivity index (χ2v) is 29.0. The average molecular weight is 1440 g/mol. The van der Waals surface area contributed by atoms with E-state index in [0.717, 1.165) is 37.2 Å². The van der Waals surface area contributed by atoms with Gasteiger partial charge in [0.2, 0.25) is 12.2 Å². The number of hydrogen-bond donors (Lipinski definition) is 2. The molecule has 540 valence electrons. The third kappa shape index (κ3) is 14.9. The minimum Gasteiger partial charge on any atom is -0.463 e. The van der Waals surface area contributed by atoms with Crippen molar-refractivity contribution in [2.75, 3.05) is 13.2 Å². The highest BCUT2D eigenvalue weighted by atomic mass is 35.5. The number of amides is 2. The van der Waals surface area contributed by atoms with E-state index in [2.05, 4.69) is 40.4 Å². The highest BCUT2D eigenvalue weighted by Crippen LogP contribution is 2.60. The number of guanidine groups is 2. The molecule has 0 radical (unpaired) electrons. The van der Waals surface area contributed by atoms with Gasteiger partial charge in [0.05, 0.1) is 41.8 Å². The summed E-state index contributed by atoms with van der Waals surface area (Å²) in [5.74, 6) is -11.0. The number of alkyl halides is 8. The predicted molar refractivity (Wildman–Crippen MR) is 351 cm³/mol. The summed E-state index contributed by atoms with van der Waals surface area (Å²) in [5.41, 5.74) is 9.14. The summed E-state index contributed by atoms with van der Waals surface area (Å²) in [6.07, 6.45) is 4.20. The molecule has 2 fully saturated rings. The summed E-state index contributed by atoms with van der Waals surface area (Å²) in [6.45, 7) is 9.24. The molecule has 0 saturated heterocycles. The van der Waals surface area contributed by atoms with Gasteiger partial charge in [-0.15, -0.1) is 0 Å². The van der Waals surface area contributed by atoms with Crippen LogP contribution in [0.4, 0.5) is 39.5 Å². The number of rotatable bonds is 24. The molecular weight excluding hydrogens is 1370 g/mol. The number of nitrogens with zero attached hydrogens (tertiary/aromatic N) is 14. The zero-order valence-corrected chi connectivity index (χ0v) is 57.2. The van der Waals surface area contributed by atoms with Crippen LogP contribution in [0.3, 0.4) is 0 Å². The fourth-order valence-electron chi connectivity index (χ4n) is 13.1. The molecule has 2 aliphatic carbocycles. The fourth-order valence-corrected chi connectivity index (χ4v) is 13.3. The minimum absolute atomic E-state index is 0.00849. The van der Waals surface area contributed by atoms with Crippen LogP contribution in [-0.2, 0) is 39.7 Å². The van der Waals surface area contributed by atoms with Crippen molar-refractivity contribution in [3.05, 3.63) is 162 Å². The zero-order chi connectivity index (χ0) is 73.9. The van der Waals surface area contributed by atoms with Crippen molar-refractivity contribution in [3.8, 4) is 33.9 Å². The number of aromatic nitrogens is 10. The molecule has 4 aromatic heterocycles. The van der Waals surface area contributed by atoms with Crippen molar-refractivity contribution < 1.29 is 72.7 Å². The normalized spacial score (nSPS) is 19.4. The molecule has 2 aliphatic heterocycles. The van der Waals surface area contributed by atoms with E-state index in [-0.39, 0.29) is 62.6 Å². The number of esters is 2. The summed E-state index contributed by atoms with van der Waals surface area (Å²) in [7, 11) is 0. The topological polar surface area (TPSA) is 288 Å². The van der Waals surface area contributed by atoms with Crippen molar-refractivity contribution in [2.45, 2.75) is 155 Å². The van der Waals surface area contributed by atoms with Crippen LogP contribution < -0.4 is 11.5 Å². The van der Waals surface area contributed by atoms with Crippen molar-refractivity contribution in [1.29, 1.82) is 0 Å². The van der Waals surface area contributed by atoms with E-state index in [1.165, 1.54) is 47.1 Å². The van der Waals surface area contributed by atoms with E-state index in [4.69, 9.17) is 42.1 Å². The van der Waals surface area contributed by atoms with Crippen molar-refractivity contribution in [3.63, 3.8) is 0 Å². The molecule has 0 spiro atoms. The van der Waals surface area contributed by atoms with Gasteiger partial charge in [0, 0.05) is 28.2 Å². The number of carbonyl (C=O) groups excluding carboxylic acids is 4. The molecule has 6 heterocycles. The maximum Gasteiger partial charge on any atom is 0.333 e. The number of benzene rings is 4. The maximum absolute atomic E-state index is 15.8. The molecule has 2 amide bonds. The first-order valence-electron chi connectivity index (χ1n) is 32.3. The van der Waals surface area contributed by atoms with Gasteiger partial charge in [-0.1, -0.05) is 119 Å². The Morgan fingerprint density at radius 2 is 1.15 bits per heavy atom. The van der Waals surface area contributed by atoms with Crippen molar-refractivity contribution in [2.24, 2.45) is 43.1 Å². The second-order valence-electron chi connectivity index (χ2n) is 28.6. The maximum atomic E-state index is 15.8. The highest BCUT2D eigenvalue weighted by molar-refractivity contribution is 6.32. The molecule has 33 heteroatoms. The Kier molecular flexibility index (Phi) is 19.7. The first-order chi connectivity index (χ1) is 47.9. The highest BCUT2D eigenvalue weighted by Gasteiger charge is 2.62. The fraction of sp³-hybridized carbons (Fsp3) is 0.435. The van der Waals surface area contributed by atoms with Crippen molar-refractivity contribution >= 4 is 47.3 Å². The van der Waals surface area contributed by atoms with Crippen LogP contribution in [0.25, 0.3) is 33.9 Å². The van der Waals surface area contributed by atoms with E-state index in [1.807, 2.05) is 41.5 Å². The Morgan fingerprint density at radius 1 is 0.637 bits per heavy atom. The monoisotopic (exact) mass is 1440 g/mol. The molecule has 4 aromatic carbocycles. The van der Waals surface area contributed by atoms with Gasteiger partial charge in [0.1, 0.15) is 43.7 Å². The second kappa shape index (κ2) is 27.4. The van der Waals surface area contributed by atoms with E-state index in [1.54, 1.807) is 66.7 Å². The Bertz CT molecular complexity index is 4460. The van der Waals surface area contributed by atoms with Crippen LogP contribution in [0.15, 0.2) is 137 Å². The van der Waals surface area contributed by atoms with Gasteiger partial charge in [0.15, 0.2) is 28.8 Å². The third-order valence-electron chi connectivity index (χ3n) is 18.6. The quantitative estimate of drug-likeness (QED) is 0.0420. The van der Waals surface area contributed by atoms with Gasteiger partial charge in [0.25, 0.3) is 30.1 Å². The number of ether oxygens (including phenoxy) is 2. The van der Waals surface area contributed by atoms with Gasteiger partial charge in [-0.25, -0.2) is 64.7 Å². The number of aliphatic imine (C=N–C) groups is 2. The van der Waals surface area contributed by atoms with E-state index in [9.17, 15) is 54.3 Å². The van der Waals surface area contributed by atoms with E-state index in [0.29, 0.717) is 59.3 Å². The lowest BCUT2D eigenvalue weighted by Crippen LogP contribution is -2.47. The third-order valence-corrected chi connectivity index (χ3v) is 19.0. The first-order valence-corrected chi connectivity index (χ1v) is 32.6. The van der Waals surface area contributed by atoms with E-state index >= 15 is 4.39 Å². The Morgan fingerprint density at radius 3 is 1.58 bits per heavy atom. The van der Waals surface area contributed by atoms with Crippen LogP contribution in [-0.4, -0.2) is 120 Å². The van der Waals surface area contributed by atoms with Crippen LogP contribution in [0.2, 0.25) is 5.02 Å². The van der Waals surface area contributed by atoms with Gasteiger partial charge < -0.3 is 25.5 Å². The molecule has 4 N–H and O–H groups in total. The molecule has 4 atom stereocenters. The summed E-state index contributed by atoms with van der Waals surface area (Å²) < 4.78 is 145. The zero-order valence-electron chi connectivity index (χ0n) is 56.5. The minimum atomic E-state index is -3.16. The predicted octanol–water partition coefficient (Wildman–Crippen LogP) is 13.4. The molecule has 2 saturated carbocycles. The largest absolute Gasteiger partial charge is 0.463 e. The molecule has 102 heavy (non-hydrogen) atoms. The van der Waals surface area contributed by atoms with Crippen molar-refractivity contribution in [1.82, 2.24) is 59.2 Å². The van der Waals surface area contributed by atoms with Gasteiger partial charge in [-0.05, 0) is 115 Å². The summed E-state index contributed by atoms with van der Waals surface area (Å²) in [6, 6.07) is 19.5. The molecule has 12 rings (SSSR count). The van der Waals surface area contributed by atoms with Gasteiger partial charge in [-0.2, -0.15) is 29.1 Å². The average Bonchev–Trinajstić information content (AvgIpc) is 1.57. The summed E-state index contributed by atoms with van der Waals surface area (Å²) in [5, 5.41) is 15.8. The molecule has 0 unspecified atom stereocenters. The molecule has 23 nitrogen and oxygen atoms in total. The Balaban J connectivity index is 0.000000206. The Labute approximate surface area is 583 Å².